The Bertz CT molecular complexity index is 404. The second kappa shape index (κ2) is 15.3. The summed E-state index contributed by atoms with van der Waals surface area (Å²) in [7, 11) is 0. The van der Waals surface area contributed by atoms with Crippen LogP contribution in [0.4, 0.5) is 0 Å². The number of esters is 1. The Balaban J connectivity index is 2.44. The van der Waals surface area contributed by atoms with Crippen LogP contribution in [0.3, 0.4) is 0 Å². The Labute approximate surface area is 168 Å². The molecule has 1 fully saturated rings. The second-order valence-corrected chi connectivity index (χ2v) is 8.17. The van der Waals surface area contributed by atoms with Crippen LogP contribution in [0.1, 0.15) is 65.2 Å². The lowest BCUT2D eigenvalue weighted by molar-refractivity contribution is -0.146. The van der Waals surface area contributed by atoms with E-state index >= 15 is 0 Å². The zero-order chi connectivity index (χ0) is 19.9. The molecule has 2 N–H and O–H groups in total. The molecule has 0 spiro atoms. The maximum absolute atomic E-state index is 12.3. The highest BCUT2D eigenvalue weighted by molar-refractivity contribution is 8.00. The van der Waals surface area contributed by atoms with Gasteiger partial charge < -0.3 is 24.7 Å². The fourth-order valence-electron chi connectivity index (χ4n) is 3.56. The number of carbonyl (C=O) groups is 2. The van der Waals surface area contributed by atoms with Gasteiger partial charge in [0.25, 0.3) is 0 Å². The Hall–Kier alpha value is -0.630. The smallest absolute Gasteiger partial charge is 0.323 e. The minimum Gasteiger partial charge on any atom is -0.465 e. The van der Waals surface area contributed by atoms with E-state index in [2.05, 4.69) is 5.32 Å². The predicted molar refractivity (Wildman–Crippen MR) is 109 cm³/mol. The van der Waals surface area contributed by atoms with E-state index in [9.17, 15) is 14.7 Å². The van der Waals surface area contributed by atoms with Gasteiger partial charge in [-0.3, -0.25) is 4.79 Å². The number of aliphatic hydroxyl groups is 1. The van der Waals surface area contributed by atoms with Crippen molar-refractivity contribution in [3.8, 4) is 0 Å². The molecule has 3 unspecified atom stereocenters. The largest absolute Gasteiger partial charge is 0.465 e. The van der Waals surface area contributed by atoms with Gasteiger partial charge in [-0.2, -0.15) is 0 Å². The molecule has 0 aliphatic heterocycles. The summed E-state index contributed by atoms with van der Waals surface area (Å²) in [5, 5.41) is 13.7. The minimum absolute atomic E-state index is 0.105. The Morgan fingerprint density at radius 1 is 1.19 bits per heavy atom. The van der Waals surface area contributed by atoms with Gasteiger partial charge in [0.1, 0.15) is 17.8 Å². The molecule has 1 aliphatic carbocycles. The molecule has 0 heterocycles. The number of hydrogen-bond acceptors (Lipinski definition) is 7. The molecular weight excluding hydrogens is 366 g/mol. The van der Waals surface area contributed by atoms with Gasteiger partial charge in [-0.25, -0.2) is 0 Å². The monoisotopic (exact) mass is 403 g/mol. The van der Waals surface area contributed by atoms with E-state index in [0.717, 1.165) is 19.1 Å². The Kier molecular flexibility index (Phi) is 13.8. The van der Waals surface area contributed by atoms with E-state index in [1.807, 2.05) is 6.92 Å². The van der Waals surface area contributed by atoms with Crippen LogP contribution in [0.25, 0.3) is 0 Å². The SMILES string of the molecule is CCOC(=O)C(CCC(OCC)SCC=O)NCCC(O)C1CCCCC1. The van der Waals surface area contributed by atoms with Crippen molar-refractivity contribution < 1.29 is 24.2 Å². The van der Waals surface area contributed by atoms with E-state index in [1.165, 1.54) is 31.0 Å². The average molecular weight is 404 g/mol. The summed E-state index contributed by atoms with van der Waals surface area (Å²) in [6.07, 6.45) is 8.34. The van der Waals surface area contributed by atoms with E-state index in [0.29, 0.717) is 50.7 Å². The van der Waals surface area contributed by atoms with Crippen molar-refractivity contribution in [2.24, 2.45) is 5.92 Å². The molecule has 1 aliphatic rings. The summed E-state index contributed by atoms with van der Waals surface area (Å²) >= 11 is 1.45. The van der Waals surface area contributed by atoms with Crippen LogP contribution in [-0.2, 0) is 19.1 Å². The maximum Gasteiger partial charge on any atom is 0.323 e. The first-order valence-corrected chi connectivity index (χ1v) is 11.4. The van der Waals surface area contributed by atoms with E-state index in [4.69, 9.17) is 9.47 Å². The third-order valence-corrected chi connectivity index (χ3v) is 6.06. The van der Waals surface area contributed by atoms with Gasteiger partial charge in [0.15, 0.2) is 0 Å². The van der Waals surface area contributed by atoms with Crippen LogP contribution in [0.5, 0.6) is 0 Å². The molecular formula is C20H37NO5S. The van der Waals surface area contributed by atoms with Crippen LogP contribution in [0.15, 0.2) is 0 Å². The van der Waals surface area contributed by atoms with Crippen LogP contribution in [0.2, 0.25) is 0 Å². The summed E-state index contributed by atoms with van der Waals surface area (Å²) in [5.74, 6) is 0.513. The van der Waals surface area contributed by atoms with Crippen molar-refractivity contribution >= 4 is 24.0 Å². The minimum atomic E-state index is -0.414. The van der Waals surface area contributed by atoms with Gasteiger partial charge in [-0.05, 0) is 58.4 Å². The van der Waals surface area contributed by atoms with Gasteiger partial charge in [0.2, 0.25) is 0 Å². The van der Waals surface area contributed by atoms with E-state index in [1.54, 1.807) is 6.92 Å². The molecule has 6 nitrogen and oxygen atoms in total. The number of thioether (sulfide) groups is 1. The molecule has 0 amide bonds. The maximum atomic E-state index is 12.3. The zero-order valence-corrected chi connectivity index (χ0v) is 17.7. The van der Waals surface area contributed by atoms with Crippen molar-refractivity contribution in [3.05, 3.63) is 0 Å². The first kappa shape index (κ1) is 24.4. The molecule has 0 saturated heterocycles. The van der Waals surface area contributed by atoms with Crippen molar-refractivity contribution in [3.63, 3.8) is 0 Å². The van der Waals surface area contributed by atoms with Crippen molar-refractivity contribution in [1.82, 2.24) is 5.32 Å². The number of aldehydes is 1. The van der Waals surface area contributed by atoms with Crippen molar-refractivity contribution in [2.75, 3.05) is 25.5 Å². The summed E-state index contributed by atoms with van der Waals surface area (Å²) in [6.45, 7) is 5.22. The lowest BCUT2D eigenvalue weighted by atomic mass is 9.84. The second-order valence-electron chi connectivity index (χ2n) is 6.98. The quantitative estimate of drug-likeness (QED) is 0.247. The number of aliphatic hydroxyl groups excluding tert-OH is 1. The molecule has 1 saturated carbocycles. The van der Waals surface area contributed by atoms with Crippen LogP contribution in [-0.4, -0.2) is 60.5 Å². The van der Waals surface area contributed by atoms with Gasteiger partial charge in [-0.15, -0.1) is 11.8 Å². The van der Waals surface area contributed by atoms with Crippen LogP contribution in [0, 0.1) is 5.92 Å². The summed E-state index contributed by atoms with van der Waals surface area (Å²) in [5.41, 5.74) is -0.105. The predicted octanol–water partition coefficient (Wildman–Crippen LogP) is 2.91. The molecule has 7 heteroatoms. The fourth-order valence-corrected chi connectivity index (χ4v) is 4.38. The highest BCUT2D eigenvalue weighted by atomic mass is 32.2. The third-order valence-electron chi connectivity index (χ3n) is 4.99. The van der Waals surface area contributed by atoms with Crippen molar-refractivity contribution in [2.45, 2.75) is 82.8 Å². The number of hydrogen-bond donors (Lipinski definition) is 2. The molecule has 0 bridgehead atoms. The standard InChI is InChI=1S/C20H37NO5S/c1-3-25-19(27-15-14-22)11-10-17(20(24)26-4-2)21-13-12-18(23)16-8-6-5-7-9-16/h14,16-19,21,23H,3-13,15H2,1-2H3. The normalized spacial score (nSPS) is 18.6. The number of ether oxygens (including phenoxy) is 2. The van der Waals surface area contributed by atoms with Gasteiger partial charge in [-0.1, -0.05) is 19.3 Å². The molecule has 0 aromatic carbocycles. The first-order valence-electron chi connectivity index (χ1n) is 10.4. The summed E-state index contributed by atoms with van der Waals surface area (Å²) in [4.78, 5) is 22.8. The highest BCUT2D eigenvalue weighted by Gasteiger charge is 2.24. The lowest BCUT2D eigenvalue weighted by Crippen LogP contribution is -2.40. The zero-order valence-electron chi connectivity index (χ0n) is 16.9. The van der Waals surface area contributed by atoms with Gasteiger partial charge in [0, 0.05) is 6.61 Å². The third kappa shape index (κ3) is 10.5. The number of nitrogens with one attached hydrogen (secondary N) is 1. The average Bonchev–Trinajstić information content (AvgIpc) is 2.69. The molecule has 0 radical (unpaired) electrons. The topological polar surface area (TPSA) is 84.9 Å². The molecule has 0 aromatic heterocycles. The molecule has 1 rings (SSSR count). The molecule has 0 aromatic rings. The summed E-state index contributed by atoms with van der Waals surface area (Å²) in [6, 6.07) is -0.414. The molecule has 3 atom stereocenters. The van der Waals surface area contributed by atoms with Crippen LogP contribution < -0.4 is 5.32 Å². The van der Waals surface area contributed by atoms with E-state index < -0.39 is 6.04 Å². The number of carbonyl (C=O) groups excluding carboxylic acids is 2. The fraction of sp³-hybridized carbons (Fsp3) is 0.900. The molecule has 158 valence electrons. The Morgan fingerprint density at radius 2 is 1.93 bits per heavy atom. The van der Waals surface area contributed by atoms with Crippen LogP contribution >= 0.6 is 11.8 Å². The number of rotatable bonds is 15. The van der Waals surface area contributed by atoms with E-state index in [-0.39, 0.29) is 17.5 Å². The summed E-state index contributed by atoms with van der Waals surface area (Å²) < 4.78 is 10.8. The highest BCUT2D eigenvalue weighted by Crippen LogP contribution is 2.27. The lowest BCUT2D eigenvalue weighted by Gasteiger charge is -2.27. The molecule has 27 heavy (non-hydrogen) atoms. The van der Waals surface area contributed by atoms with Crippen molar-refractivity contribution in [1.29, 1.82) is 0 Å². The van der Waals surface area contributed by atoms with Gasteiger partial charge in [0.05, 0.1) is 18.5 Å². The Morgan fingerprint density at radius 3 is 2.56 bits per heavy atom. The first-order chi connectivity index (χ1) is 13.1. The van der Waals surface area contributed by atoms with Gasteiger partial charge >= 0.3 is 5.97 Å².